The molecule has 9 heteroatoms. The van der Waals surface area contributed by atoms with Gasteiger partial charge in [0.05, 0.1) is 6.61 Å². The van der Waals surface area contributed by atoms with Crippen molar-refractivity contribution in [1.29, 1.82) is 0 Å². The summed E-state index contributed by atoms with van der Waals surface area (Å²) in [5.74, 6) is -2.90. The normalized spacial score (nSPS) is 18.0. The van der Waals surface area contributed by atoms with Crippen LogP contribution in [-0.4, -0.2) is 60.5 Å². The van der Waals surface area contributed by atoms with E-state index in [0.29, 0.717) is 39.0 Å². The summed E-state index contributed by atoms with van der Waals surface area (Å²) in [4.78, 5) is 40.2. The maximum absolute atomic E-state index is 13.3. The van der Waals surface area contributed by atoms with Gasteiger partial charge in [0.15, 0.2) is 11.6 Å². The first-order valence-corrected chi connectivity index (χ1v) is 8.85. The summed E-state index contributed by atoms with van der Waals surface area (Å²) < 4.78 is 31.3. The van der Waals surface area contributed by atoms with Crippen molar-refractivity contribution < 1.29 is 27.9 Å². The van der Waals surface area contributed by atoms with E-state index >= 15 is 0 Å². The third kappa shape index (κ3) is 3.86. The molecule has 0 radical (unpaired) electrons. The monoisotopic (exact) mass is 381 g/mol. The average Bonchev–Trinajstić information content (AvgIpc) is 3.46. The Morgan fingerprint density at radius 2 is 1.70 bits per heavy atom. The van der Waals surface area contributed by atoms with Crippen LogP contribution in [0, 0.1) is 17.0 Å². The molecule has 0 bridgehead atoms. The molecular weight excluding hydrogens is 360 g/mol. The van der Waals surface area contributed by atoms with Gasteiger partial charge in [-0.15, -0.1) is 0 Å². The highest BCUT2D eigenvalue weighted by Gasteiger charge is 2.58. The van der Waals surface area contributed by atoms with Crippen LogP contribution in [0.3, 0.4) is 0 Å². The molecule has 1 aliphatic carbocycles. The lowest BCUT2D eigenvalue weighted by Crippen LogP contribution is -2.53. The zero-order valence-electron chi connectivity index (χ0n) is 15.0. The standard InChI is InChI=1S/C18H21F2N3O4/c1-2-27-17(26)23-9-7-22(8-10-23)16(25)18(5-6-18)15(24)21-12-3-4-13(19)14(20)11-12/h3-4,11H,2,5-10H2,1H3,(H,21,24). The Morgan fingerprint density at radius 1 is 1.07 bits per heavy atom. The number of rotatable bonds is 4. The minimum atomic E-state index is -1.17. The third-order valence-corrected chi connectivity index (χ3v) is 4.86. The highest BCUT2D eigenvalue weighted by molar-refractivity contribution is 6.13. The lowest BCUT2D eigenvalue weighted by Gasteiger charge is -2.35. The molecule has 0 atom stereocenters. The number of amides is 3. The smallest absolute Gasteiger partial charge is 0.409 e. The number of nitrogens with one attached hydrogen (secondary N) is 1. The SMILES string of the molecule is CCOC(=O)N1CCN(C(=O)C2(C(=O)Nc3ccc(F)c(F)c3)CC2)CC1. The topological polar surface area (TPSA) is 79.0 Å². The second-order valence-electron chi connectivity index (χ2n) is 6.64. The predicted octanol–water partition coefficient (Wildman–Crippen LogP) is 1.98. The first-order chi connectivity index (χ1) is 12.9. The van der Waals surface area contributed by atoms with Crippen LogP contribution in [0.5, 0.6) is 0 Å². The largest absolute Gasteiger partial charge is 0.450 e. The summed E-state index contributed by atoms with van der Waals surface area (Å²) in [6.07, 6.45) is 0.389. The first-order valence-electron chi connectivity index (χ1n) is 8.85. The highest BCUT2D eigenvalue weighted by Crippen LogP contribution is 2.48. The van der Waals surface area contributed by atoms with Crippen LogP contribution in [-0.2, 0) is 14.3 Å². The van der Waals surface area contributed by atoms with Gasteiger partial charge in [0.25, 0.3) is 0 Å². The second-order valence-corrected chi connectivity index (χ2v) is 6.64. The van der Waals surface area contributed by atoms with E-state index in [0.717, 1.165) is 12.1 Å². The number of halogens is 2. The second kappa shape index (κ2) is 7.50. The third-order valence-electron chi connectivity index (χ3n) is 4.86. The van der Waals surface area contributed by atoms with Crippen molar-refractivity contribution in [3.63, 3.8) is 0 Å². The molecule has 1 N–H and O–H groups in total. The van der Waals surface area contributed by atoms with Crippen LogP contribution in [0.2, 0.25) is 0 Å². The molecule has 3 amide bonds. The van der Waals surface area contributed by atoms with Gasteiger partial charge in [-0.2, -0.15) is 0 Å². The number of anilines is 1. The zero-order valence-corrected chi connectivity index (χ0v) is 15.0. The van der Waals surface area contributed by atoms with E-state index < -0.39 is 29.0 Å². The number of ether oxygens (including phenoxy) is 1. The summed E-state index contributed by atoms with van der Waals surface area (Å²) in [7, 11) is 0. The number of hydrogen-bond acceptors (Lipinski definition) is 4. The fourth-order valence-corrected chi connectivity index (χ4v) is 3.10. The van der Waals surface area contributed by atoms with Crippen molar-refractivity contribution in [3.05, 3.63) is 29.8 Å². The first kappa shape index (κ1) is 19.1. The van der Waals surface area contributed by atoms with Crippen molar-refractivity contribution in [1.82, 2.24) is 9.80 Å². The number of carbonyl (C=O) groups excluding carboxylic acids is 3. The van der Waals surface area contributed by atoms with E-state index in [1.54, 1.807) is 11.8 Å². The number of nitrogens with zero attached hydrogens (tertiary/aromatic N) is 2. The molecule has 1 heterocycles. The van der Waals surface area contributed by atoms with Gasteiger partial charge in [-0.3, -0.25) is 9.59 Å². The van der Waals surface area contributed by atoms with E-state index in [1.807, 2.05) is 0 Å². The molecule has 1 saturated carbocycles. The molecule has 0 aromatic heterocycles. The van der Waals surface area contributed by atoms with Crippen molar-refractivity contribution >= 4 is 23.6 Å². The van der Waals surface area contributed by atoms with E-state index in [-0.39, 0.29) is 18.2 Å². The molecular formula is C18H21F2N3O4. The minimum absolute atomic E-state index is 0.102. The van der Waals surface area contributed by atoms with Gasteiger partial charge in [0, 0.05) is 37.9 Å². The maximum Gasteiger partial charge on any atom is 0.409 e. The average molecular weight is 381 g/mol. The van der Waals surface area contributed by atoms with E-state index in [9.17, 15) is 23.2 Å². The molecule has 27 heavy (non-hydrogen) atoms. The molecule has 1 aromatic carbocycles. The Bertz CT molecular complexity index is 759. The molecule has 3 rings (SSSR count). The number of hydrogen-bond donors (Lipinski definition) is 1. The molecule has 1 aliphatic heterocycles. The van der Waals surface area contributed by atoms with E-state index in [4.69, 9.17) is 4.74 Å². The van der Waals surface area contributed by atoms with Gasteiger partial charge in [0.1, 0.15) is 5.41 Å². The van der Waals surface area contributed by atoms with Crippen LogP contribution in [0.15, 0.2) is 18.2 Å². The maximum atomic E-state index is 13.3. The van der Waals surface area contributed by atoms with Gasteiger partial charge >= 0.3 is 6.09 Å². The van der Waals surface area contributed by atoms with Gasteiger partial charge in [-0.05, 0) is 31.9 Å². The lowest BCUT2D eigenvalue weighted by molar-refractivity contribution is -0.143. The van der Waals surface area contributed by atoms with Crippen LogP contribution in [0.1, 0.15) is 19.8 Å². The summed E-state index contributed by atoms with van der Waals surface area (Å²) in [6, 6.07) is 3.04. The molecule has 1 saturated heterocycles. The molecule has 7 nitrogen and oxygen atoms in total. The Balaban J connectivity index is 1.60. The molecule has 0 spiro atoms. The van der Waals surface area contributed by atoms with Crippen LogP contribution >= 0.6 is 0 Å². The molecule has 1 aromatic rings. The van der Waals surface area contributed by atoms with E-state index in [1.165, 1.54) is 11.0 Å². The van der Waals surface area contributed by atoms with Gasteiger partial charge < -0.3 is 19.9 Å². The number of piperazine rings is 1. The van der Waals surface area contributed by atoms with Crippen LogP contribution < -0.4 is 5.32 Å². The van der Waals surface area contributed by atoms with Crippen molar-refractivity contribution in [2.45, 2.75) is 19.8 Å². The van der Waals surface area contributed by atoms with Crippen molar-refractivity contribution in [3.8, 4) is 0 Å². The predicted molar refractivity (Wildman–Crippen MR) is 91.8 cm³/mol. The Kier molecular flexibility index (Phi) is 5.29. The van der Waals surface area contributed by atoms with E-state index in [2.05, 4.69) is 5.32 Å². The quantitative estimate of drug-likeness (QED) is 0.809. The van der Waals surface area contributed by atoms with Crippen molar-refractivity contribution in [2.24, 2.45) is 5.41 Å². The number of benzene rings is 1. The summed E-state index contributed by atoms with van der Waals surface area (Å²) in [5, 5.41) is 2.50. The van der Waals surface area contributed by atoms with Gasteiger partial charge in [-0.25, -0.2) is 13.6 Å². The van der Waals surface area contributed by atoms with Crippen LogP contribution in [0.25, 0.3) is 0 Å². The Labute approximate surface area is 155 Å². The molecule has 0 unspecified atom stereocenters. The number of carbonyl (C=O) groups is 3. The van der Waals surface area contributed by atoms with Crippen LogP contribution in [0.4, 0.5) is 19.3 Å². The fourth-order valence-electron chi connectivity index (χ4n) is 3.10. The summed E-state index contributed by atoms with van der Waals surface area (Å²) in [6.45, 7) is 3.32. The van der Waals surface area contributed by atoms with Gasteiger partial charge in [-0.1, -0.05) is 0 Å². The molecule has 2 fully saturated rings. The fraction of sp³-hybridized carbons (Fsp3) is 0.500. The summed E-state index contributed by atoms with van der Waals surface area (Å²) >= 11 is 0. The summed E-state index contributed by atoms with van der Waals surface area (Å²) in [5.41, 5.74) is -1.07. The Hall–Kier alpha value is -2.71. The van der Waals surface area contributed by atoms with Crippen molar-refractivity contribution in [2.75, 3.05) is 38.1 Å². The molecule has 146 valence electrons. The Morgan fingerprint density at radius 3 is 2.26 bits per heavy atom. The highest BCUT2D eigenvalue weighted by atomic mass is 19.2. The van der Waals surface area contributed by atoms with Gasteiger partial charge in [0.2, 0.25) is 11.8 Å². The minimum Gasteiger partial charge on any atom is -0.450 e. The zero-order chi connectivity index (χ0) is 19.6. The molecule has 2 aliphatic rings. The lowest BCUT2D eigenvalue weighted by atomic mass is 10.0.